The van der Waals surface area contributed by atoms with Crippen LogP contribution in [-0.2, 0) is 4.79 Å². The molecule has 0 aliphatic carbocycles. The number of rotatable bonds is 8. The first kappa shape index (κ1) is 16.5. The monoisotopic (exact) mass is 278 g/mol. The molecule has 0 aliphatic heterocycles. The summed E-state index contributed by atoms with van der Waals surface area (Å²) in [4.78, 5) is 11.6. The molecule has 1 aromatic rings. The summed E-state index contributed by atoms with van der Waals surface area (Å²) in [6.45, 7) is 7.06. The van der Waals surface area contributed by atoms with E-state index in [1.54, 1.807) is 0 Å². The van der Waals surface area contributed by atoms with Crippen molar-refractivity contribution in [2.75, 3.05) is 13.2 Å². The fourth-order valence-corrected chi connectivity index (χ4v) is 1.75. The zero-order valence-electron chi connectivity index (χ0n) is 12.7. The zero-order chi connectivity index (χ0) is 15.0. The fourth-order valence-electron chi connectivity index (χ4n) is 1.75. The lowest BCUT2D eigenvalue weighted by atomic mass is 10.1. The van der Waals surface area contributed by atoms with Crippen LogP contribution in [-0.4, -0.2) is 19.1 Å². The maximum atomic E-state index is 11.6. The minimum absolute atomic E-state index is 0.0529. The van der Waals surface area contributed by atoms with Gasteiger partial charge in [-0.1, -0.05) is 32.9 Å². The topological polar surface area (TPSA) is 64.3 Å². The minimum atomic E-state index is -0.0833. The highest BCUT2D eigenvalue weighted by Crippen LogP contribution is 2.18. The lowest BCUT2D eigenvalue weighted by Gasteiger charge is -2.11. The van der Waals surface area contributed by atoms with Crippen LogP contribution >= 0.6 is 0 Å². The Morgan fingerprint density at radius 1 is 1.30 bits per heavy atom. The summed E-state index contributed by atoms with van der Waals surface area (Å²) in [6.07, 6.45) is 1.88. The maximum absolute atomic E-state index is 11.6. The van der Waals surface area contributed by atoms with E-state index in [2.05, 4.69) is 26.1 Å². The largest absolute Gasteiger partial charge is 0.484 e. The average molecular weight is 278 g/mol. The molecule has 0 bridgehead atoms. The molecule has 0 unspecified atom stereocenters. The predicted octanol–water partition coefficient (Wildman–Crippen LogP) is 2.64. The van der Waals surface area contributed by atoms with Crippen molar-refractivity contribution in [3.63, 3.8) is 0 Å². The summed E-state index contributed by atoms with van der Waals surface area (Å²) < 4.78 is 5.44. The maximum Gasteiger partial charge on any atom is 0.257 e. The smallest absolute Gasteiger partial charge is 0.257 e. The predicted molar refractivity (Wildman–Crippen MR) is 81.6 cm³/mol. The molecule has 1 amide bonds. The highest BCUT2D eigenvalue weighted by atomic mass is 16.5. The Kier molecular flexibility index (Phi) is 7.09. The van der Waals surface area contributed by atoms with Crippen molar-refractivity contribution in [2.24, 2.45) is 11.7 Å². The molecule has 1 aromatic carbocycles. The molecule has 1 atom stereocenters. The summed E-state index contributed by atoms with van der Waals surface area (Å²) in [5.41, 5.74) is 7.03. The average Bonchev–Trinajstić information content (AvgIpc) is 2.44. The number of amides is 1. The molecule has 0 fully saturated rings. The van der Waals surface area contributed by atoms with Crippen molar-refractivity contribution in [1.82, 2.24) is 5.32 Å². The van der Waals surface area contributed by atoms with Crippen LogP contribution in [0.3, 0.4) is 0 Å². The standard InChI is InChI=1S/C16H26N2O2/c1-4-15(17)13-5-7-14(8-6-13)20-11-16(19)18-10-9-12(2)3/h5-8,12,15H,4,9-11,17H2,1-3H3,(H,18,19)/t15-/m0/s1. The van der Waals surface area contributed by atoms with Crippen molar-refractivity contribution in [3.05, 3.63) is 29.8 Å². The van der Waals surface area contributed by atoms with E-state index in [4.69, 9.17) is 10.5 Å². The van der Waals surface area contributed by atoms with Gasteiger partial charge in [-0.25, -0.2) is 0 Å². The number of benzene rings is 1. The normalized spacial score (nSPS) is 12.2. The SMILES string of the molecule is CC[C@H](N)c1ccc(OCC(=O)NCCC(C)C)cc1. The Labute approximate surface area is 121 Å². The zero-order valence-corrected chi connectivity index (χ0v) is 12.7. The number of hydrogen-bond acceptors (Lipinski definition) is 3. The van der Waals surface area contributed by atoms with Crippen LogP contribution in [0.5, 0.6) is 5.75 Å². The van der Waals surface area contributed by atoms with E-state index in [9.17, 15) is 4.79 Å². The summed E-state index contributed by atoms with van der Waals surface area (Å²) in [5.74, 6) is 1.20. The molecule has 0 heterocycles. The molecule has 0 aromatic heterocycles. The van der Waals surface area contributed by atoms with Gasteiger partial charge in [0.1, 0.15) is 5.75 Å². The van der Waals surface area contributed by atoms with Crippen molar-refractivity contribution >= 4 is 5.91 Å². The van der Waals surface area contributed by atoms with E-state index in [1.165, 1.54) is 0 Å². The van der Waals surface area contributed by atoms with E-state index in [-0.39, 0.29) is 18.6 Å². The Hall–Kier alpha value is -1.55. The van der Waals surface area contributed by atoms with Crippen LogP contribution in [0.2, 0.25) is 0 Å². The van der Waals surface area contributed by atoms with Gasteiger partial charge < -0.3 is 15.8 Å². The van der Waals surface area contributed by atoms with Crippen molar-refractivity contribution < 1.29 is 9.53 Å². The first-order valence-corrected chi connectivity index (χ1v) is 7.28. The molecule has 0 saturated carbocycles. The first-order valence-electron chi connectivity index (χ1n) is 7.28. The van der Waals surface area contributed by atoms with Crippen molar-refractivity contribution in [3.8, 4) is 5.75 Å². The lowest BCUT2D eigenvalue weighted by molar-refractivity contribution is -0.123. The fraction of sp³-hybridized carbons (Fsp3) is 0.562. The molecule has 20 heavy (non-hydrogen) atoms. The van der Waals surface area contributed by atoms with Gasteiger partial charge in [-0.2, -0.15) is 0 Å². The van der Waals surface area contributed by atoms with Gasteiger partial charge >= 0.3 is 0 Å². The van der Waals surface area contributed by atoms with Gasteiger partial charge in [0.15, 0.2) is 6.61 Å². The van der Waals surface area contributed by atoms with Crippen LogP contribution in [0.25, 0.3) is 0 Å². The van der Waals surface area contributed by atoms with Gasteiger partial charge in [-0.3, -0.25) is 4.79 Å². The minimum Gasteiger partial charge on any atom is -0.484 e. The summed E-state index contributed by atoms with van der Waals surface area (Å²) in [5, 5.41) is 2.84. The molecule has 0 spiro atoms. The highest BCUT2D eigenvalue weighted by molar-refractivity contribution is 5.77. The van der Waals surface area contributed by atoms with Crippen LogP contribution in [0.4, 0.5) is 0 Å². The second kappa shape index (κ2) is 8.59. The van der Waals surface area contributed by atoms with Crippen LogP contribution in [0.1, 0.15) is 45.2 Å². The molecule has 1 rings (SSSR count). The van der Waals surface area contributed by atoms with E-state index in [0.29, 0.717) is 18.2 Å². The van der Waals surface area contributed by atoms with Gasteiger partial charge in [0.2, 0.25) is 0 Å². The number of carbonyl (C=O) groups excluding carboxylic acids is 1. The Morgan fingerprint density at radius 2 is 1.95 bits per heavy atom. The van der Waals surface area contributed by atoms with Crippen molar-refractivity contribution in [1.29, 1.82) is 0 Å². The molecule has 0 radical (unpaired) electrons. The Balaban J connectivity index is 2.32. The van der Waals surface area contributed by atoms with Crippen LogP contribution < -0.4 is 15.8 Å². The van der Waals surface area contributed by atoms with Gasteiger partial charge in [0.05, 0.1) is 0 Å². The van der Waals surface area contributed by atoms with Gasteiger partial charge in [0.25, 0.3) is 5.91 Å². The molecule has 4 heteroatoms. The second-order valence-electron chi connectivity index (χ2n) is 5.40. The van der Waals surface area contributed by atoms with E-state index in [0.717, 1.165) is 18.4 Å². The molecule has 4 nitrogen and oxygen atoms in total. The van der Waals surface area contributed by atoms with Gasteiger partial charge in [-0.15, -0.1) is 0 Å². The van der Waals surface area contributed by atoms with E-state index >= 15 is 0 Å². The van der Waals surface area contributed by atoms with Crippen LogP contribution in [0.15, 0.2) is 24.3 Å². The molecule has 3 N–H and O–H groups in total. The second-order valence-corrected chi connectivity index (χ2v) is 5.40. The molecule has 0 saturated heterocycles. The molecule has 112 valence electrons. The Morgan fingerprint density at radius 3 is 2.50 bits per heavy atom. The number of nitrogens with two attached hydrogens (primary N) is 1. The lowest BCUT2D eigenvalue weighted by Crippen LogP contribution is -2.30. The number of hydrogen-bond donors (Lipinski definition) is 2. The highest BCUT2D eigenvalue weighted by Gasteiger charge is 2.05. The quantitative estimate of drug-likeness (QED) is 0.768. The third kappa shape index (κ3) is 6.06. The summed E-state index contributed by atoms with van der Waals surface area (Å²) >= 11 is 0. The molecular formula is C16H26N2O2. The first-order chi connectivity index (χ1) is 9.52. The van der Waals surface area contributed by atoms with Gasteiger partial charge in [-0.05, 0) is 36.5 Å². The van der Waals surface area contributed by atoms with E-state index in [1.807, 2.05) is 24.3 Å². The number of ether oxygens (including phenoxy) is 1. The summed E-state index contributed by atoms with van der Waals surface area (Å²) in [7, 11) is 0. The Bertz CT molecular complexity index is 401. The van der Waals surface area contributed by atoms with Crippen molar-refractivity contribution in [2.45, 2.75) is 39.7 Å². The summed E-state index contributed by atoms with van der Waals surface area (Å²) in [6, 6.07) is 7.65. The third-order valence-corrected chi connectivity index (χ3v) is 3.16. The number of nitrogens with one attached hydrogen (secondary N) is 1. The van der Waals surface area contributed by atoms with Gasteiger partial charge in [0, 0.05) is 12.6 Å². The third-order valence-electron chi connectivity index (χ3n) is 3.16. The van der Waals surface area contributed by atoms with Crippen LogP contribution in [0, 0.1) is 5.92 Å². The molecular weight excluding hydrogens is 252 g/mol. The van der Waals surface area contributed by atoms with E-state index < -0.39 is 0 Å². The number of carbonyl (C=O) groups is 1. The molecule has 0 aliphatic rings.